The second-order valence-corrected chi connectivity index (χ2v) is 5.13. The van der Waals surface area contributed by atoms with Crippen molar-refractivity contribution in [2.45, 2.75) is 19.4 Å². The van der Waals surface area contributed by atoms with E-state index in [1.165, 1.54) is 0 Å². The second-order valence-electron chi connectivity index (χ2n) is 5.13. The first-order valence-corrected chi connectivity index (χ1v) is 7.04. The third kappa shape index (κ3) is 1.93. The van der Waals surface area contributed by atoms with Crippen molar-refractivity contribution in [1.82, 2.24) is 4.57 Å². The molecular weight excluding hydrogens is 246 g/mol. The van der Waals surface area contributed by atoms with E-state index < -0.39 is 6.10 Å². The van der Waals surface area contributed by atoms with Crippen molar-refractivity contribution in [2.75, 3.05) is 0 Å². The van der Waals surface area contributed by atoms with Crippen molar-refractivity contribution in [3.8, 4) is 11.3 Å². The van der Waals surface area contributed by atoms with Gasteiger partial charge in [0.2, 0.25) is 0 Å². The Hall–Kier alpha value is -2.06. The van der Waals surface area contributed by atoms with E-state index in [-0.39, 0.29) is 0 Å². The van der Waals surface area contributed by atoms with Crippen LogP contribution in [0.1, 0.15) is 25.0 Å². The summed E-state index contributed by atoms with van der Waals surface area (Å²) in [6.07, 6.45) is 0.282. The summed E-state index contributed by atoms with van der Waals surface area (Å²) in [6.45, 7) is 2.02. The lowest BCUT2D eigenvalue weighted by Gasteiger charge is -2.12. The van der Waals surface area contributed by atoms with E-state index in [4.69, 9.17) is 0 Å². The standard InChI is InChI=1S/C18H19NO/c1-3-16(20)17-14-11-7-8-12-15(14)19(2)18(17)13-9-5-4-6-10-13/h4-12,16,20H,3H2,1-2H3/t16-/m1/s1. The van der Waals surface area contributed by atoms with Gasteiger partial charge in [-0.05, 0) is 18.1 Å². The van der Waals surface area contributed by atoms with E-state index >= 15 is 0 Å². The molecule has 0 fully saturated rings. The number of benzene rings is 2. The maximum atomic E-state index is 10.5. The van der Waals surface area contributed by atoms with Gasteiger partial charge in [0, 0.05) is 23.5 Å². The number of aliphatic hydroxyl groups is 1. The Balaban J connectivity index is 2.38. The van der Waals surface area contributed by atoms with Crippen LogP contribution in [0.15, 0.2) is 54.6 Å². The third-order valence-electron chi connectivity index (χ3n) is 3.91. The van der Waals surface area contributed by atoms with E-state index in [1.807, 2.05) is 37.3 Å². The van der Waals surface area contributed by atoms with Crippen molar-refractivity contribution in [2.24, 2.45) is 7.05 Å². The van der Waals surface area contributed by atoms with Gasteiger partial charge in [0.1, 0.15) is 0 Å². The summed E-state index contributed by atoms with van der Waals surface area (Å²) in [5.41, 5.74) is 4.46. The number of hydrogen-bond acceptors (Lipinski definition) is 1. The largest absolute Gasteiger partial charge is 0.388 e. The maximum Gasteiger partial charge on any atom is 0.0814 e. The zero-order valence-electron chi connectivity index (χ0n) is 11.9. The van der Waals surface area contributed by atoms with Gasteiger partial charge in [0.15, 0.2) is 0 Å². The fraction of sp³-hybridized carbons (Fsp3) is 0.222. The van der Waals surface area contributed by atoms with Gasteiger partial charge in [-0.3, -0.25) is 0 Å². The van der Waals surface area contributed by atoms with Crippen molar-refractivity contribution < 1.29 is 5.11 Å². The summed E-state index contributed by atoms with van der Waals surface area (Å²) in [7, 11) is 2.07. The highest BCUT2D eigenvalue weighted by molar-refractivity contribution is 5.92. The van der Waals surface area contributed by atoms with Gasteiger partial charge in [-0.15, -0.1) is 0 Å². The van der Waals surface area contributed by atoms with Crippen LogP contribution in [0, 0.1) is 0 Å². The molecule has 1 aromatic heterocycles. The van der Waals surface area contributed by atoms with Crippen molar-refractivity contribution in [3.05, 3.63) is 60.2 Å². The fourth-order valence-corrected chi connectivity index (χ4v) is 2.91. The third-order valence-corrected chi connectivity index (χ3v) is 3.91. The van der Waals surface area contributed by atoms with E-state index in [0.29, 0.717) is 6.42 Å². The smallest absolute Gasteiger partial charge is 0.0814 e. The molecule has 0 spiro atoms. The topological polar surface area (TPSA) is 25.2 Å². The van der Waals surface area contributed by atoms with Gasteiger partial charge in [0.05, 0.1) is 11.8 Å². The number of fused-ring (bicyclic) bond motifs is 1. The summed E-state index contributed by atoms with van der Waals surface area (Å²) in [4.78, 5) is 0. The van der Waals surface area contributed by atoms with Gasteiger partial charge in [-0.2, -0.15) is 0 Å². The average Bonchev–Trinajstić information content (AvgIpc) is 2.81. The summed E-state index contributed by atoms with van der Waals surface area (Å²) in [6, 6.07) is 18.6. The molecule has 102 valence electrons. The molecule has 1 heterocycles. The van der Waals surface area contributed by atoms with Gasteiger partial charge in [-0.1, -0.05) is 55.5 Å². The Morgan fingerprint density at radius 3 is 2.35 bits per heavy atom. The minimum Gasteiger partial charge on any atom is -0.388 e. The first-order valence-electron chi connectivity index (χ1n) is 7.04. The van der Waals surface area contributed by atoms with Gasteiger partial charge >= 0.3 is 0 Å². The van der Waals surface area contributed by atoms with Crippen molar-refractivity contribution in [1.29, 1.82) is 0 Å². The summed E-state index contributed by atoms with van der Waals surface area (Å²) in [5, 5.41) is 11.6. The van der Waals surface area contributed by atoms with Crippen LogP contribution in [-0.4, -0.2) is 9.67 Å². The van der Waals surface area contributed by atoms with Crippen LogP contribution in [-0.2, 0) is 7.05 Å². The van der Waals surface area contributed by atoms with Gasteiger partial charge in [-0.25, -0.2) is 0 Å². The molecule has 0 aliphatic carbocycles. The molecule has 0 aliphatic rings. The van der Waals surface area contributed by atoms with Crippen LogP contribution < -0.4 is 0 Å². The highest BCUT2D eigenvalue weighted by Crippen LogP contribution is 2.37. The lowest BCUT2D eigenvalue weighted by Crippen LogP contribution is -1.99. The molecule has 0 bridgehead atoms. The SMILES string of the molecule is CC[C@@H](O)c1c(-c2ccccc2)n(C)c2ccccc12. The predicted molar refractivity (Wildman–Crippen MR) is 83.6 cm³/mol. The van der Waals surface area contributed by atoms with Crippen LogP contribution in [0.5, 0.6) is 0 Å². The molecule has 0 saturated heterocycles. The highest BCUT2D eigenvalue weighted by Gasteiger charge is 2.20. The maximum absolute atomic E-state index is 10.5. The average molecular weight is 265 g/mol. The normalized spacial score (nSPS) is 12.8. The molecule has 1 atom stereocenters. The minimum absolute atomic E-state index is 0.434. The number of nitrogens with zero attached hydrogens (tertiary/aromatic N) is 1. The van der Waals surface area contributed by atoms with Crippen molar-refractivity contribution in [3.63, 3.8) is 0 Å². The number of para-hydroxylation sites is 1. The van der Waals surface area contributed by atoms with E-state index in [1.54, 1.807) is 0 Å². The number of hydrogen-bond donors (Lipinski definition) is 1. The lowest BCUT2D eigenvalue weighted by atomic mass is 9.99. The molecule has 0 amide bonds. The number of aliphatic hydroxyl groups excluding tert-OH is 1. The van der Waals surface area contributed by atoms with E-state index in [2.05, 4.69) is 35.9 Å². The Morgan fingerprint density at radius 1 is 1.00 bits per heavy atom. The Labute approximate surface area is 119 Å². The minimum atomic E-state index is -0.434. The Morgan fingerprint density at radius 2 is 1.65 bits per heavy atom. The van der Waals surface area contributed by atoms with Crippen LogP contribution >= 0.6 is 0 Å². The second kappa shape index (κ2) is 5.14. The molecule has 0 unspecified atom stereocenters. The molecule has 0 saturated carbocycles. The molecule has 2 aromatic carbocycles. The number of rotatable bonds is 3. The number of aryl methyl sites for hydroxylation is 1. The monoisotopic (exact) mass is 265 g/mol. The molecule has 0 radical (unpaired) electrons. The van der Waals surface area contributed by atoms with Crippen LogP contribution in [0.2, 0.25) is 0 Å². The molecule has 3 aromatic rings. The zero-order valence-corrected chi connectivity index (χ0v) is 11.9. The summed E-state index contributed by atoms with van der Waals surface area (Å²) >= 11 is 0. The molecule has 1 N–H and O–H groups in total. The van der Waals surface area contributed by atoms with Gasteiger partial charge in [0.25, 0.3) is 0 Å². The van der Waals surface area contributed by atoms with Crippen LogP contribution in [0.4, 0.5) is 0 Å². The molecule has 2 nitrogen and oxygen atoms in total. The molecule has 2 heteroatoms. The lowest BCUT2D eigenvalue weighted by molar-refractivity contribution is 0.175. The van der Waals surface area contributed by atoms with Gasteiger partial charge < -0.3 is 9.67 Å². The van der Waals surface area contributed by atoms with Crippen LogP contribution in [0.25, 0.3) is 22.2 Å². The predicted octanol–water partition coefficient (Wildman–Crippen LogP) is 4.29. The Bertz CT molecular complexity index is 728. The molecule has 20 heavy (non-hydrogen) atoms. The van der Waals surface area contributed by atoms with E-state index in [0.717, 1.165) is 27.7 Å². The first kappa shape index (κ1) is 12.9. The summed E-state index contributed by atoms with van der Waals surface area (Å²) < 4.78 is 2.18. The number of aromatic nitrogens is 1. The zero-order chi connectivity index (χ0) is 14.1. The molecular formula is C18H19NO. The van der Waals surface area contributed by atoms with Crippen molar-refractivity contribution >= 4 is 10.9 Å². The van der Waals surface area contributed by atoms with Crippen LogP contribution in [0.3, 0.4) is 0 Å². The van der Waals surface area contributed by atoms with E-state index in [9.17, 15) is 5.11 Å². The Kier molecular flexibility index (Phi) is 3.33. The first-order chi connectivity index (χ1) is 9.74. The molecule has 0 aliphatic heterocycles. The fourth-order valence-electron chi connectivity index (χ4n) is 2.91. The highest BCUT2D eigenvalue weighted by atomic mass is 16.3. The summed E-state index contributed by atoms with van der Waals surface area (Å²) in [5.74, 6) is 0. The quantitative estimate of drug-likeness (QED) is 0.751. The molecule has 3 rings (SSSR count).